The Kier molecular flexibility index (Phi) is 8.13. The van der Waals surface area contributed by atoms with E-state index in [4.69, 9.17) is 22.9 Å². The second-order valence-electron chi connectivity index (χ2n) is 14.2. The summed E-state index contributed by atoms with van der Waals surface area (Å²) in [5, 5.41) is 0. The van der Waals surface area contributed by atoms with Crippen LogP contribution in [0.2, 0.25) is 0 Å². The fourth-order valence-electron chi connectivity index (χ4n) is 7.47. The maximum atomic E-state index is 6.93. The Labute approximate surface area is 264 Å². The van der Waals surface area contributed by atoms with E-state index in [0.717, 1.165) is 33.7 Å². The minimum absolute atomic E-state index is 0.230. The summed E-state index contributed by atoms with van der Waals surface area (Å²) in [6.45, 7) is 17.2. The number of allylic oxidation sites excluding steroid dienone is 8. The van der Waals surface area contributed by atoms with E-state index in [-0.39, 0.29) is 24.2 Å². The summed E-state index contributed by atoms with van der Waals surface area (Å²) < 4.78 is 0. The quantitative estimate of drug-likeness (QED) is 0.337. The minimum atomic E-state index is -0.526. The van der Waals surface area contributed by atoms with Gasteiger partial charge in [0.25, 0.3) is 0 Å². The molecule has 0 saturated carbocycles. The standard InChI is InChI=1S/C38H52N6/c1-25-13-17-35(5,31(39)21-25)43(36(6)18-14-26(2)22-32(36)40)29-9-11-30(12-10-29)44(37(7)19-15-27(3)23-33(37)41)38(8)20-16-28(4)24-34(38)42/h9-24,31-34H,39-42H2,1-8H3. The SMILES string of the molecule is CC1=CC(N)C(C)(N(c2ccc(N(C3(C)C=CC(C)=CC3N)C3(C)C=CC(C)=CC3N)cc2)C2(C)C=CC(C)=CC2N)C=C1. The summed E-state index contributed by atoms with van der Waals surface area (Å²) in [6, 6.07) is 7.86. The number of anilines is 2. The molecule has 5 rings (SSSR count). The second-order valence-corrected chi connectivity index (χ2v) is 14.2. The first-order valence-electron chi connectivity index (χ1n) is 15.8. The smallest absolute Gasteiger partial charge is 0.0755 e. The Morgan fingerprint density at radius 3 is 0.818 bits per heavy atom. The zero-order chi connectivity index (χ0) is 32.2. The van der Waals surface area contributed by atoms with Gasteiger partial charge < -0.3 is 32.7 Å². The highest BCUT2D eigenvalue weighted by atomic mass is 15.3. The lowest BCUT2D eigenvalue weighted by atomic mass is 9.75. The number of hydrogen-bond acceptors (Lipinski definition) is 6. The number of hydrogen-bond donors (Lipinski definition) is 4. The third-order valence-corrected chi connectivity index (χ3v) is 10.5. The zero-order valence-corrected chi connectivity index (χ0v) is 27.8. The van der Waals surface area contributed by atoms with Crippen LogP contribution in [0.5, 0.6) is 0 Å². The van der Waals surface area contributed by atoms with E-state index < -0.39 is 22.2 Å². The molecule has 0 aromatic heterocycles. The van der Waals surface area contributed by atoms with Crippen molar-refractivity contribution in [1.82, 2.24) is 0 Å². The van der Waals surface area contributed by atoms with Crippen molar-refractivity contribution in [2.75, 3.05) is 9.80 Å². The molecule has 6 nitrogen and oxygen atoms in total. The van der Waals surface area contributed by atoms with Gasteiger partial charge >= 0.3 is 0 Å². The molecule has 6 heteroatoms. The molecule has 0 amide bonds. The number of benzene rings is 1. The Morgan fingerprint density at radius 1 is 0.432 bits per heavy atom. The molecular formula is C38H52N6. The average Bonchev–Trinajstić information content (AvgIpc) is 2.95. The highest BCUT2D eigenvalue weighted by molar-refractivity contribution is 5.67. The van der Waals surface area contributed by atoms with Crippen LogP contribution < -0.4 is 32.7 Å². The van der Waals surface area contributed by atoms with Crippen LogP contribution in [0.15, 0.2) is 119 Å². The van der Waals surface area contributed by atoms with Crippen molar-refractivity contribution in [3.8, 4) is 0 Å². The molecule has 4 aliphatic rings. The summed E-state index contributed by atoms with van der Waals surface area (Å²) in [5.74, 6) is 0. The van der Waals surface area contributed by atoms with E-state index >= 15 is 0 Å². The van der Waals surface area contributed by atoms with Gasteiger partial charge in [0, 0.05) is 11.4 Å². The number of nitrogens with zero attached hydrogens (tertiary/aromatic N) is 2. The van der Waals surface area contributed by atoms with Crippen molar-refractivity contribution in [1.29, 1.82) is 0 Å². The molecule has 0 heterocycles. The molecule has 1 aromatic rings. The Morgan fingerprint density at radius 2 is 0.636 bits per heavy atom. The first-order chi connectivity index (χ1) is 20.5. The van der Waals surface area contributed by atoms with E-state index in [1.54, 1.807) is 0 Å². The third kappa shape index (κ3) is 5.18. The minimum Gasteiger partial charge on any atom is -0.350 e. The van der Waals surface area contributed by atoms with Gasteiger partial charge in [-0.2, -0.15) is 0 Å². The van der Waals surface area contributed by atoms with Crippen molar-refractivity contribution in [3.63, 3.8) is 0 Å². The fourth-order valence-corrected chi connectivity index (χ4v) is 7.47. The van der Waals surface area contributed by atoms with Gasteiger partial charge in [0.2, 0.25) is 0 Å². The van der Waals surface area contributed by atoms with Crippen molar-refractivity contribution < 1.29 is 0 Å². The Hall–Kier alpha value is -3.42. The molecule has 8 atom stereocenters. The van der Waals surface area contributed by atoms with Crippen LogP contribution in [-0.2, 0) is 0 Å². The average molecular weight is 593 g/mol. The number of rotatable bonds is 6. The van der Waals surface area contributed by atoms with Crippen LogP contribution >= 0.6 is 0 Å². The maximum absolute atomic E-state index is 6.93. The van der Waals surface area contributed by atoms with Crippen LogP contribution in [0.3, 0.4) is 0 Å². The van der Waals surface area contributed by atoms with Gasteiger partial charge in [-0.3, -0.25) is 0 Å². The summed E-state index contributed by atoms with van der Waals surface area (Å²) in [7, 11) is 0. The summed E-state index contributed by atoms with van der Waals surface area (Å²) >= 11 is 0. The highest BCUT2D eigenvalue weighted by Crippen LogP contribution is 2.44. The molecule has 0 bridgehead atoms. The molecule has 0 spiro atoms. The van der Waals surface area contributed by atoms with Gasteiger partial charge in [0.1, 0.15) is 0 Å². The molecule has 44 heavy (non-hydrogen) atoms. The Bertz CT molecular complexity index is 1330. The lowest BCUT2D eigenvalue weighted by molar-refractivity contribution is 0.344. The molecule has 4 aliphatic carbocycles. The van der Waals surface area contributed by atoms with Gasteiger partial charge in [-0.15, -0.1) is 0 Å². The predicted octanol–water partition coefficient (Wildman–Crippen LogP) is 5.71. The lowest BCUT2D eigenvalue weighted by Crippen LogP contribution is -2.69. The molecule has 8 unspecified atom stereocenters. The van der Waals surface area contributed by atoms with Crippen molar-refractivity contribution in [2.24, 2.45) is 22.9 Å². The molecule has 8 N–H and O–H groups in total. The predicted molar refractivity (Wildman–Crippen MR) is 189 cm³/mol. The van der Waals surface area contributed by atoms with Crippen molar-refractivity contribution in [2.45, 2.75) is 102 Å². The maximum Gasteiger partial charge on any atom is 0.0755 e. The fraction of sp³-hybridized carbons (Fsp3) is 0.421. The molecule has 1 aromatic carbocycles. The van der Waals surface area contributed by atoms with Crippen molar-refractivity contribution in [3.05, 3.63) is 119 Å². The summed E-state index contributed by atoms with van der Waals surface area (Å²) in [5.41, 5.74) is 32.3. The van der Waals surface area contributed by atoms with Gasteiger partial charge in [-0.05, 0) is 79.7 Å². The Balaban J connectivity index is 1.65. The number of nitrogens with two attached hydrogens (primary N) is 4. The van der Waals surface area contributed by atoms with Gasteiger partial charge in [0.05, 0.1) is 46.3 Å². The van der Waals surface area contributed by atoms with Crippen LogP contribution in [-0.4, -0.2) is 46.3 Å². The molecule has 0 aliphatic heterocycles. The largest absolute Gasteiger partial charge is 0.350 e. The van der Waals surface area contributed by atoms with Crippen LogP contribution in [0.25, 0.3) is 0 Å². The molecule has 0 fully saturated rings. The molecular weight excluding hydrogens is 540 g/mol. The third-order valence-electron chi connectivity index (χ3n) is 10.5. The van der Waals surface area contributed by atoms with Crippen LogP contribution in [0, 0.1) is 0 Å². The van der Waals surface area contributed by atoms with E-state index in [9.17, 15) is 0 Å². The van der Waals surface area contributed by atoms with E-state index in [1.807, 2.05) is 0 Å². The summed E-state index contributed by atoms with van der Waals surface area (Å²) in [6.07, 6.45) is 26.1. The van der Waals surface area contributed by atoms with E-state index in [0.29, 0.717) is 0 Å². The van der Waals surface area contributed by atoms with Crippen LogP contribution in [0.4, 0.5) is 11.4 Å². The molecule has 0 radical (unpaired) electrons. The first-order valence-corrected chi connectivity index (χ1v) is 15.8. The zero-order valence-electron chi connectivity index (χ0n) is 27.8. The topological polar surface area (TPSA) is 111 Å². The monoisotopic (exact) mass is 592 g/mol. The highest BCUT2D eigenvalue weighted by Gasteiger charge is 2.50. The van der Waals surface area contributed by atoms with Gasteiger partial charge in [-0.1, -0.05) is 95.2 Å². The van der Waals surface area contributed by atoms with E-state index in [1.165, 1.54) is 0 Å². The molecule has 234 valence electrons. The lowest BCUT2D eigenvalue weighted by Gasteiger charge is -2.57. The second kappa shape index (κ2) is 11.2. The summed E-state index contributed by atoms with van der Waals surface area (Å²) in [4.78, 5) is 4.81. The van der Waals surface area contributed by atoms with Gasteiger partial charge in [0.15, 0.2) is 0 Å². The normalized spacial score (nSPS) is 38.1. The van der Waals surface area contributed by atoms with E-state index in [2.05, 4.69) is 162 Å². The van der Waals surface area contributed by atoms with Crippen molar-refractivity contribution >= 4 is 11.4 Å². The first kappa shape index (κ1) is 32.0. The van der Waals surface area contributed by atoms with Crippen LogP contribution in [0.1, 0.15) is 55.4 Å². The van der Waals surface area contributed by atoms with Gasteiger partial charge in [-0.25, -0.2) is 0 Å². The molecule has 0 saturated heterocycles.